The van der Waals surface area contributed by atoms with Crippen molar-refractivity contribution in [1.82, 2.24) is 0 Å². The van der Waals surface area contributed by atoms with Crippen LogP contribution in [0.2, 0.25) is 0 Å². The van der Waals surface area contributed by atoms with Crippen LogP contribution in [0.1, 0.15) is 49.9 Å². The van der Waals surface area contributed by atoms with Crippen molar-refractivity contribution in [2.75, 3.05) is 57.6 Å². The van der Waals surface area contributed by atoms with E-state index >= 15 is 0 Å². The fourth-order valence-electron chi connectivity index (χ4n) is 5.05. The molecule has 4 rings (SSSR count). The number of aryl methyl sites for hydroxylation is 1. The van der Waals surface area contributed by atoms with Crippen molar-refractivity contribution in [1.29, 1.82) is 0 Å². The van der Waals surface area contributed by atoms with Crippen LogP contribution in [0.25, 0.3) is 11.1 Å². The molecule has 0 radical (unpaired) electrons. The summed E-state index contributed by atoms with van der Waals surface area (Å²) in [4.78, 5) is 4.53. The second-order valence-corrected chi connectivity index (χ2v) is 11.0. The molecule has 0 aromatic heterocycles. The molecule has 0 fully saturated rings. The summed E-state index contributed by atoms with van der Waals surface area (Å²) in [6, 6.07) is 27.0. The number of anilines is 2. The Hall–Kier alpha value is -4.15. The summed E-state index contributed by atoms with van der Waals surface area (Å²) >= 11 is 0. The van der Waals surface area contributed by atoms with Gasteiger partial charge in [0, 0.05) is 50.7 Å². The van der Waals surface area contributed by atoms with Gasteiger partial charge in [-0.2, -0.15) is 0 Å². The summed E-state index contributed by atoms with van der Waals surface area (Å²) in [5, 5.41) is 0. The second-order valence-electron chi connectivity index (χ2n) is 11.0. The number of nitrogens with two attached hydrogens (primary N) is 1. The minimum absolute atomic E-state index is 0.750. The zero-order valence-electron chi connectivity index (χ0n) is 27.6. The van der Waals surface area contributed by atoms with Crippen LogP contribution in [-0.4, -0.2) is 58.1 Å². The maximum absolute atomic E-state index is 4.85. The third-order valence-electron chi connectivity index (χ3n) is 7.66. The van der Waals surface area contributed by atoms with E-state index in [4.69, 9.17) is 5.73 Å². The molecule has 1 aliphatic rings. The van der Waals surface area contributed by atoms with E-state index in [0.717, 1.165) is 26.1 Å². The SMILES string of the molecule is CCN.CCc1ccc(C(=CC(=C2C=CC(=[N+](C)C)C=C2)c2ccc(N(C)C)cc2)c2ccc(N(CC)CC)cc2)cc1. The first-order valence-electron chi connectivity index (χ1n) is 15.5. The largest absolute Gasteiger partial charge is 0.378 e. The molecule has 0 aliphatic heterocycles. The molecule has 4 nitrogen and oxygen atoms in total. The summed E-state index contributed by atoms with van der Waals surface area (Å²) < 4.78 is 2.14. The van der Waals surface area contributed by atoms with E-state index in [-0.39, 0.29) is 0 Å². The zero-order valence-corrected chi connectivity index (χ0v) is 27.6. The molecule has 0 atom stereocenters. The normalized spacial score (nSPS) is 12.5. The standard InChI is InChI=1S/C37H44N3.C2H7N/c1-8-28-11-13-29(14-12-28)36(32-19-25-35(26-20-32)40(9-2)10-3)27-37(30-15-21-33(22-16-30)38(4)5)31-17-23-34(24-18-31)39(6)7;1-2-3/h11-27H,8-10H2,1-7H3;2-3H2,1H3/q+1;. The first kappa shape index (κ1) is 33.4. The van der Waals surface area contributed by atoms with E-state index < -0.39 is 0 Å². The molecule has 0 amide bonds. The zero-order chi connectivity index (χ0) is 31.4. The van der Waals surface area contributed by atoms with Gasteiger partial charge in [-0.25, -0.2) is 4.58 Å². The first-order valence-corrected chi connectivity index (χ1v) is 15.5. The number of benzene rings is 3. The van der Waals surface area contributed by atoms with E-state index in [1.807, 2.05) is 6.92 Å². The minimum atomic E-state index is 0.750. The van der Waals surface area contributed by atoms with E-state index in [2.05, 4.69) is 167 Å². The van der Waals surface area contributed by atoms with Crippen molar-refractivity contribution < 1.29 is 4.58 Å². The highest BCUT2D eigenvalue weighted by atomic mass is 15.1. The molecular weight excluding hydrogens is 524 g/mol. The molecule has 3 aromatic rings. The van der Waals surface area contributed by atoms with Crippen molar-refractivity contribution in [3.8, 4) is 0 Å². The van der Waals surface area contributed by atoms with Crippen LogP contribution in [0, 0.1) is 0 Å². The van der Waals surface area contributed by atoms with Gasteiger partial charge in [-0.1, -0.05) is 62.4 Å². The summed E-state index contributed by atoms with van der Waals surface area (Å²) in [5.74, 6) is 0. The van der Waals surface area contributed by atoms with Crippen LogP contribution in [0.4, 0.5) is 11.4 Å². The van der Waals surface area contributed by atoms with Gasteiger partial charge in [0.15, 0.2) is 5.71 Å². The maximum Gasteiger partial charge on any atom is 0.199 e. The monoisotopic (exact) mass is 575 g/mol. The van der Waals surface area contributed by atoms with E-state index in [1.165, 1.54) is 56.1 Å². The van der Waals surface area contributed by atoms with Gasteiger partial charge in [-0.15, -0.1) is 0 Å². The lowest BCUT2D eigenvalue weighted by molar-refractivity contribution is -0.462. The van der Waals surface area contributed by atoms with Gasteiger partial charge < -0.3 is 15.5 Å². The molecule has 3 aromatic carbocycles. The van der Waals surface area contributed by atoms with E-state index in [9.17, 15) is 0 Å². The second kappa shape index (κ2) is 16.5. The predicted molar refractivity (Wildman–Crippen MR) is 191 cm³/mol. The third-order valence-corrected chi connectivity index (χ3v) is 7.66. The van der Waals surface area contributed by atoms with Crippen molar-refractivity contribution in [3.05, 3.63) is 131 Å². The van der Waals surface area contributed by atoms with Crippen molar-refractivity contribution >= 4 is 28.2 Å². The lowest BCUT2D eigenvalue weighted by Crippen LogP contribution is -2.21. The topological polar surface area (TPSA) is 35.5 Å². The Labute approximate surface area is 260 Å². The first-order chi connectivity index (χ1) is 20.8. The number of allylic oxidation sites excluding steroid dienone is 7. The highest BCUT2D eigenvalue weighted by Gasteiger charge is 2.14. The van der Waals surface area contributed by atoms with Gasteiger partial charge in [0.2, 0.25) is 0 Å². The van der Waals surface area contributed by atoms with Crippen molar-refractivity contribution in [2.45, 2.75) is 34.1 Å². The van der Waals surface area contributed by atoms with Gasteiger partial charge in [0.05, 0.1) is 0 Å². The average Bonchev–Trinajstić information content (AvgIpc) is 3.03. The minimum Gasteiger partial charge on any atom is -0.378 e. The molecule has 0 saturated carbocycles. The Balaban J connectivity index is 0.00000162. The molecular formula is C39H51N4+. The molecule has 4 heteroatoms. The van der Waals surface area contributed by atoms with E-state index in [1.54, 1.807) is 0 Å². The van der Waals surface area contributed by atoms with Gasteiger partial charge in [-0.05, 0) is 108 Å². The molecule has 0 heterocycles. The van der Waals surface area contributed by atoms with Crippen molar-refractivity contribution in [3.63, 3.8) is 0 Å². The van der Waals surface area contributed by atoms with Crippen molar-refractivity contribution in [2.24, 2.45) is 5.73 Å². The Morgan fingerprint density at radius 2 is 1.14 bits per heavy atom. The molecule has 0 bridgehead atoms. The predicted octanol–water partition coefficient (Wildman–Crippen LogP) is 7.85. The highest BCUT2D eigenvalue weighted by molar-refractivity contribution is 6.04. The third kappa shape index (κ3) is 8.92. The van der Waals surface area contributed by atoms with Crippen LogP contribution in [0.3, 0.4) is 0 Å². The average molecular weight is 576 g/mol. The number of hydrogen-bond donors (Lipinski definition) is 1. The fourth-order valence-corrected chi connectivity index (χ4v) is 5.05. The molecule has 1 aliphatic carbocycles. The summed E-state index contributed by atoms with van der Waals surface area (Å²) in [5.41, 5.74) is 17.1. The van der Waals surface area contributed by atoms with Crippen LogP contribution in [0.15, 0.2) is 109 Å². The number of rotatable bonds is 9. The maximum atomic E-state index is 4.85. The molecule has 0 spiro atoms. The number of nitrogens with zero attached hydrogens (tertiary/aromatic N) is 3. The Bertz CT molecular complexity index is 1440. The van der Waals surface area contributed by atoms with E-state index in [0.29, 0.717) is 0 Å². The Kier molecular flexibility index (Phi) is 12.8. The lowest BCUT2D eigenvalue weighted by atomic mass is 9.89. The van der Waals surface area contributed by atoms with Crippen LogP contribution in [-0.2, 0) is 6.42 Å². The lowest BCUT2D eigenvalue weighted by Gasteiger charge is -2.21. The fraction of sp³-hybridized carbons (Fsp3) is 0.308. The van der Waals surface area contributed by atoms with Gasteiger partial charge >= 0.3 is 0 Å². The molecule has 0 unspecified atom stereocenters. The quantitative estimate of drug-likeness (QED) is 0.264. The Morgan fingerprint density at radius 3 is 1.58 bits per heavy atom. The Morgan fingerprint density at radius 1 is 0.674 bits per heavy atom. The summed E-state index contributed by atoms with van der Waals surface area (Å²) in [6.45, 7) is 11.3. The molecule has 0 saturated heterocycles. The molecule has 226 valence electrons. The van der Waals surface area contributed by atoms with Gasteiger partial charge in [-0.3, -0.25) is 0 Å². The van der Waals surface area contributed by atoms with Crippen LogP contribution >= 0.6 is 0 Å². The number of hydrogen-bond acceptors (Lipinski definition) is 3. The van der Waals surface area contributed by atoms with Crippen LogP contribution in [0.5, 0.6) is 0 Å². The van der Waals surface area contributed by atoms with Crippen LogP contribution < -0.4 is 15.5 Å². The summed E-state index contributed by atoms with van der Waals surface area (Å²) in [7, 11) is 8.33. The molecule has 2 N–H and O–H groups in total. The van der Waals surface area contributed by atoms with Gasteiger partial charge in [0.1, 0.15) is 14.1 Å². The van der Waals surface area contributed by atoms with Gasteiger partial charge in [0.25, 0.3) is 0 Å². The molecule has 43 heavy (non-hydrogen) atoms. The summed E-state index contributed by atoms with van der Waals surface area (Å²) in [6.07, 6.45) is 12.3. The smallest absolute Gasteiger partial charge is 0.199 e. The highest BCUT2D eigenvalue weighted by Crippen LogP contribution is 2.33.